The number of nitrogens with zero attached hydrogens (tertiary/aromatic N) is 4. The normalized spacial score (nSPS) is 16.3. The van der Waals surface area contributed by atoms with Crippen LogP contribution in [-0.2, 0) is 11.0 Å². The fourth-order valence-electron chi connectivity index (χ4n) is 1.77. The van der Waals surface area contributed by atoms with Crippen LogP contribution in [0, 0.1) is 0 Å². The lowest BCUT2D eigenvalue weighted by Gasteiger charge is -2.29. The van der Waals surface area contributed by atoms with E-state index in [9.17, 15) is 18.0 Å². The molecule has 0 spiro atoms. The standard InChI is InChI=1S/C10H14F3N5OS/c1-17(6-7(19)18-4-2-14-3-5-18)9-16-15-8(20-9)10(11,12)13/h14H,2-6H2,1H3. The number of carbonyl (C=O) groups is 1. The Balaban J connectivity index is 1.95. The second-order valence-corrected chi connectivity index (χ2v) is 5.33. The highest BCUT2D eigenvalue weighted by atomic mass is 32.1. The van der Waals surface area contributed by atoms with E-state index in [-0.39, 0.29) is 17.6 Å². The Labute approximate surface area is 117 Å². The van der Waals surface area contributed by atoms with Crippen LogP contribution >= 0.6 is 11.3 Å². The third-order valence-corrected chi connectivity index (χ3v) is 3.91. The lowest BCUT2D eigenvalue weighted by Crippen LogP contribution is -2.49. The van der Waals surface area contributed by atoms with Crippen LogP contribution in [0.15, 0.2) is 0 Å². The molecule has 0 atom stereocenters. The lowest BCUT2D eigenvalue weighted by atomic mass is 10.3. The number of likely N-dealkylation sites (N-methyl/N-ethyl adjacent to an activating group) is 1. The van der Waals surface area contributed by atoms with Crippen molar-refractivity contribution in [3.63, 3.8) is 0 Å². The quantitative estimate of drug-likeness (QED) is 0.877. The monoisotopic (exact) mass is 309 g/mol. The molecule has 1 aliphatic heterocycles. The Hall–Kier alpha value is -1.42. The minimum atomic E-state index is -4.50. The molecule has 1 fully saturated rings. The second kappa shape index (κ2) is 5.92. The molecule has 0 saturated carbocycles. The first-order chi connectivity index (χ1) is 9.38. The van der Waals surface area contributed by atoms with E-state index in [1.165, 1.54) is 11.9 Å². The molecule has 0 aromatic carbocycles. The number of hydrogen-bond donors (Lipinski definition) is 1. The van der Waals surface area contributed by atoms with Crippen molar-refractivity contribution in [3.05, 3.63) is 5.01 Å². The number of rotatable bonds is 3. The molecule has 10 heteroatoms. The maximum absolute atomic E-state index is 12.4. The maximum atomic E-state index is 12.4. The fraction of sp³-hybridized carbons (Fsp3) is 0.700. The maximum Gasteiger partial charge on any atom is 0.445 e. The van der Waals surface area contributed by atoms with Crippen molar-refractivity contribution in [2.45, 2.75) is 6.18 Å². The molecule has 1 aliphatic rings. The molecule has 0 radical (unpaired) electrons. The Morgan fingerprint density at radius 3 is 2.60 bits per heavy atom. The number of anilines is 1. The predicted octanol–water partition coefficient (Wildman–Crippen LogP) is 0.425. The Morgan fingerprint density at radius 2 is 2.05 bits per heavy atom. The molecule has 112 valence electrons. The van der Waals surface area contributed by atoms with E-state index in [0.717, 1.165) is 13.1 Å². The van der Waals surface area contributed by atoms with Gasteiger partial charge in [-0.2, -0.15) is 13.2 Å². The average molecular weight is 309 g/mol. The number of halogens is 3. The van der Waals surface area contributed by atoms with Gasteiger partial charge in [0.25, 0.3) is 0 Å². The van der Waals surface area contributed by atoms with E-state index in [2.05, 4.69) is 15.5 Å². The van der Waals surface area contributed by atoms with E-state index < -0.39 is 11.2 Å². The van der Waals surface area contributed by atoms with Crippen LogP contribution in [0.25, 0.3) is 0 Å². The van der Waals surface area contributed by atoms with E-state index in [1.807, 2.05) is 0 Å². The average Bonchev–Trinajstić information content (AvgIpc) is 2.89. The molecule has 1 N–H and O–H groups in total. The van der Waals surface area contributed by atoms with E-state index in [0.29, 0.717) is 24.4 Å². The van der Waals surface area contributed by atoms with Crippen molar-refractivity contribution in [3.8, 4) is 0 Å². The molecule has 1 saturated heterocycles. The van der Waals surface area contributed by atoms with Gasteiger partial charge in [0.05, 0.1) is 6.54 Å². The first-order valence-corrected chi connectivity index (χ1v) is 6.80. The highest BCUT2D eigenvalue weighted by Gasteiger charge is 2.36. The van der Waals surface area contributed by atoms with Gasteiger partial charge in [0.2, 0.25) is 16.0 Å². The number of piperazine rings is 1. The highest BCUT2D eigenvalue weighted by molar-refractivity contribution is 7.15. The summed E-state index contributed by atoms with van der Waals surface area (Å²) in [5, 5.41) is 8.77. The molecule has 0 aliphatic carbocycles. The topological polar surface area (TPSA) is 61.4 Å². The smallest absolute Gasteiger partial charge is 0.340 e. The Morgan fingerprint density at radius 1 is 1.40 bits per heavy atom. The molecule has 1 amide bonds. The van der Waals surface area contributed by atoms with Crippen molar-refractivity contribution in [1.29, 1.82) is 0 Å². The Kier molecular flexibility index (Phi) is 4.43. The molecular formula is C10H14F3N5OS. The van der Waals surface area contributed by atoms with Crippen molar-refractivity contribution >= 4 is 22.4 Å². The van der Waals surface area contributed by atoms with Crippen LogP contribution in [-0.4, -0.2) is 60.8 Å². The summed E-state index contributed by atoms with van der Waals surface area (Å²) in [5.41, 5.74) is 0. The number of alkyl halides is 3. The number of amides is 1. The van der Waals surface area contributed by atoms with Gasteiger partial charge in [0.15, 0.2) is 0 Å². The Bertz CT molecular complexity index is 472. The van der Waals surface area contributed by atoms with Crippen molar-refractivity contribution in [1.82, 2.24) is 20.4 Å². The minimum absolute atomic E-state index is 0.00745. The summed E-state index contributed by atoms with van der Waals surface area (Å²) < 4.78 is 37.3. The van der Waals surface area contributed by atoms with Gasteiger partial charge in [-0.05, 0) is 0 Å². The van der Waals surface area contributed by atoms with E-state index >= 15 is 0 Å². The van der Waals surface area contributed by atoms with Gasteiger partial charge in [0, 0.05) is 33.2 Å². The molecule has 1 aromatic rings. The first-order valence-electron chi connectivity index (χ1n) is 5.98. The van der Waals surface area contributed by atoms with E-state index in [1.54, 1.807) is 4.90 Å². The van der Waals surface area contributed by atoms with E-state index in [4.69, 9.17) is 0 Å². The number of aromatic nitrogens is 2. The molecule has 1 aromatic heterocycles. The molecule has 2 heterocycles. The van der Waals surface area contributed by atoms with Crippen LogP contribution in [0.5, 0.6) is 0 Å². The zero-order valence-electron chi connectivity index (χ0n) is 10.8. The summed E-state index contributed by atoms with van der Waals surface area (Å²) in [6.45, 7) is 2.67. The van der Waals surface area contributed by atoms with Gasteiger partial charge < -0.3 is 15.1 Å². The molecule has 6 nitrogen and oxygen atoms in total. The van der Waals surface area contributed by atoms with Gasteiger partial charge in [-0.15, -0.1) is 10.2 Å². The van der Waals surface area contributed by atoms with Gasteiger partial charge in [-0.1, -0.05) is 11.3 Å². The zero-order valence-corrected chi connectivity index (χ0v) is 11.6. The van der Waals surface area contributed by atoms with Crippen LogP contribution in [0.4, 0.5) is 18.3 Å². The number of hydrogen-bond acceptors (Lipinski definition) is 6. The number of nitrogens with one attached hydrogen (secondary N) is 1. The van der Waals surface area contributed by atoms with Crippen LogP contribution in [0.1, 0.15) is 5.01 Å². The van der Waals surface area contributed by atoms with Crippen LogP contribution in [0.3, 0.4) is 0 Å². The lowest BCUT2D eigenvalue weighted by molar-refractivity contribution is -0.138. The first kappa shape index (κ1) is 15.0. The van der Waals surface area contributed by atoms with Gasteiger partial charge in [-0.3, -0.25) is 4.79 Å². The molecule has 0 unspecified atom stereocenters. The van der Waals surface area contributed by atoms with Crippen molar-refractivity contribution in [2.24, 2.45) is 0 Å². The zero-order chi connectivity index (χ0) is 14.8. The summed E-state index contributed by atoms with van der Waals surface area (Å²) in [5.74, 6) is -0.127. The summed E-state index contributed by atoms with van der Waals surface area (Å²) in [6, 6.07) is 0. The van der Waals surface area contributed by atoms with Crippen LogP contribution in [0.2, 0.25) is 0 Å². The summed E-state index contributed by atoms with van der Waals surface area (Å²) in [7, 11) is 1.53. The second-order valence-electron chi connectivity index (χ2n) is 4.37. The summed E-state index contributed by atoms with van der Waals surface area (Å²) >= 11 is 0.432. The van der Waals surface area contributed by atoms with Crippen molar-refractivity contribution < 1.29 is 18.0 Å². The van der Waals surface area contributed by atoms with Crippen LogP contribution < -0.4 is 10.2 Å². The fourth-order valence-corrected chi connectivity index (χ4v) is 2.44. The van der Waals surface area contributed by atoms with Gasteiger partial charge in [0.1, 0.15) is 0 Å². The van der Waals surface area contributed by atoms with Crippen molar-refractivity contribution in [2.75, 3.05) is 44.7 Å². The third kappa shape index (κ3) is 3.57. The highest BCUT2D eigenvalue weighted by Crippen LogP contribution is 2.33. The number of carbonyl (C=O) groups excluding carboxylic acids is 1. The van der Waals surface area contributed by atoms with Gasteiger partial charge >= 0.3 is 6.18 Å². The largest absolute Gasteiger partial charge is 0.445 e. The summed E-state index contributed by atoms with van der Waals surface area (Å²) in [6.07, 6.45) is -4.50. The molecule has 0 bridgehead atoms. The third-order valence-electron chi connectivity index (χ3n) is 2.83. The molecule has 2 rings (SSSR count). The summed E-state index contributed by atoms with van der Waals surface area (Å²) in [4.78, 5) is 15.0. The molecule has 20 heavy (non-hydrogen) atoms. The predicted molar refractivity (Wildman–Crippen MR) is 67.6 cm³/mol. The minimum Gasteiger partial charge on any atom is -0.340 e. The SMILES string of the molecule is CN(CC(=O)N1CCNCC1)c1nnc(C(F)(F)F)s1. The van der Waals surface area contributed by atoms with Gasteiger partial charge in [-0.25, -0.2) is 0 Å². The molecular weight excluding hydrogens is 295 g/mol.